The number of methoxy groups -OCH3 is 1. The molecule has 2 aromatic carbocycles. The van der Waals surface area contributed by atoms with Crippen LogP contribution in [-0.4, -0.2) is 20.3 Å². The van der Waals surface area contributed by atoms with Crippen LogP contribution in [0.3, 0.4) is 0 Å². The average molecular weight is 355 g/mol. The fraction of sp³-hybridized carbons (Fsp3) is 0.333. The maximum atomic E-state index is 6.14. The van der Waals surface area contributed by atoms with Crippen LogP contribution in [0.4, 0.5) is 0 Å². The van der Waals surface area contributed by atoms with Gasteiger partial charge in [0.25, 0.3) is 0 Å². The molecule has 0 bridgehead atoms. The van der Waals surface area contributed by atoms with Crippen LogP contribution in [0, 0.1) is 6.92 Å². The van der Waals surface area contributed by atoms with E-state index < -0.39 is 0 Å². The molecule has 2 rings (SSSR count). The van der Waals surface area contributed by atoms with Crippen LogP contribution < -0.4 is 14.2 Å². The summed E-state index contributed by atoms with van der Waals surface area (Å²) in [5.74, 6) is 2.20. The molecular formula is C18H20Cl2O3. The number of hydrogen-bond acceptors (Lipinski definition) is 3. The molecule has 0 aromatic heterocycles. The van der Waals surface area contributed by atoms with Gasteiger partial charge in [-0.1, -0.05) is 35.3 Å². The van der Waals surface area contributed by atoms with E-state index in [2.05, 4.69) is 0 Å². The Morgan fingerprint density at radius 3 is 2.22 bits per heavy atom. The molecule has 0 aliphatic heterocycles. The molecule has 3 nitrogen and oxygen atoms in total. The van der Waals surface area contributed by atoms with Crippen molar-refractivity contribution >= 4 is 23.2 Å². The predicted molar refractivity (Wildman–Crippen MR) is 94.4 cm³/mol. The Bertz CT molecular complexity index is 621. The van der Waals surface area contributed by atoms with Crippen LogP contribution in [0.1, 0.15) is 18.4 Å². The molecule has 0 heterocycles. The standard InChI is InChI=1S/C18H20Cl2O3/c1-13-11-14(19)12-15(20)18(13)23-10-6-5-9-22-17-8-4-3-7-16(17)21-2/h3-4,7-8,11-12H,5-6,9-10H2,1-2H3. The van der Waals surface area contributed by atoms with Gasteiger partial charge in [0.1, 0.15) is 5.75 Å². The topological polar surface area (TPSA) is 27.7 Å². The van der Waals surface area contributed by atoms with Crippen molar-refractivity contribution in [1.29, 1.82) is 0 Å². The molecule has 0 atom stereocenters. The van der Waals surface area contributed by atoms with Crippen LogP contribution >= 0.6 is 23.2 Å². The van der Waals surface area contributed by atoms with Crippen molar-refractivity contribution in [3.63, 3.8) is 0 Å². The fourth-order valence-corrected chi connectivity index (χ4v) is 2.82. The van der Waals surface area contributed by atoms with Crippen molar-refractivity contribution in [2.45, 2.75) is 19.8 Å². The third kappa shape index (κ3) is 5.22. The summed E-state index contributed by atoms with van der Waals surface area (Å²) < 4.78 is 16.7. The first-order valence-electron chi connectivity index (χ1n) is 7.46. The second-order valence-electron chi connectivity index (χ2n) is 5.09. The van der Waals surface area contributed by atoms with Crippen molar-refractivity contribution in [3.8, 4) is 17.2 Å². The lowest BCUT2D eigenvalue weighted by Gasteiger charge is -2.12. The van der Waals surface area contributed by atoms with Gasteiger partial charge in [-0.05, 0) is 49.6 Å². The van der Waals surface area contributed by atoms with E-state index in [0.717, 1.165) is 29.9 Å². The van der Waals surface area contributed by atoms with Gasteiger partial charge in [-0.2, -0.15) is 0 Å². The lowest BCUT2D eigenvalue weighted by molar-refractivity contribution is 0.258. The van der Waals surface area contributed by atoms with Crippen LogP contribution in [-0.2, 0) is 0 Å². The first-order valence-corrected chi connectivity index (χ1v) is 8.21. The molecule has 5 heteroatoms. The second-order valence-corrected chi connectivity index (χ2v) is 5.93. The molecule has 0 radical (unpaired) electrons. The Hall–Kier alpha value is -1.58. The molecule has 0 fully saturated rings. The first kappa shape index (κ1) is 17.8. The highest BCUT2D eigenvalue weighted by atomic mass is 35.5. The molecule has 0 saturated heterocycles. The smallest absolute Gasteiger partial charge is 0.161 e. The Morgan fingerprint density at radius 1 is 0.913 bits per heavy atom. The molecule has 0 amide bonds. The minimum Gasteiger partial charge on any atom is -0.493 e. The summed E-state index contributed by atoms with van der Waals surface area (Å²) in [6.07, 6.45) is 1.75. The van der Waals surface area contributed by atoms with E-state index in [0.29, 0.717) is 29.0 Å². The highest BCUT2D eigenvalue weighted by Crippen LogP contribution is 2.32. The maximum Gasteiger partial charge on any atom is 0.161 e. The first-order chi connectivity index (χ1) is 11.1. The Kier molecular flexibility index (Phi) is 6.87. The molecule has 0 aliphatic rings. The van der Waals surface area contributed by atoms with E-state index in [1.165, 1.54) is 0 Å². The minimum absolute atomic E-state index is 0.542. The molecule has 0 aliphatic carbocycles. The largest absolute Gasteiger partial charge is 0.493 e. The SMILES string of the molecule is COc1ccccc1OCCCCOc1c(C)cc(Cl)cc1Cl. The monoisotopic (exact) mass is 354 g/mol. The van der Waals surface area contributed by atoms with Gasteiger partial charge < -0.3 is 14.2 Å². The molecular weight excluding hydrogens is 335 g/mol. The number of benzene rings is 2. The maximum absolute atomic E-state index is 6.14. The quantitative estimate of drug-likeness (QED) is 0.581. The van der Waals surface area contributed by atoms with E-state index >= 15 is 0 Å². The Balaban J connectivity index is 1.72. The lowest BCUT2D eigenvalue weighted by atomic mass is 10.2. The third-order valence-corrected chi connectivity index (χ3v) is 3.80. The number of halogens is 2. The molecule has 23 heavy (non-hydrogen) atoms. The van der Waals surface area contributed by atoms with Crippen molar-refractivity contribution < 1.29 is 14.2 Å². The van der Waals surface area contributed by atoms with Crippen LogP contribution in [0.5, 0.6) is 17.2 Å². The zero-order valence-electron chi connectivity index (χ0n) is 13.3. The van der Waals surface area contributed by atoms with E-state index in [1.54, 1.807) is 13.2 Å². The van der Waals surface area contributed by atoms with Gasteiger partial charge >= 0.3 is 0 Å². The molecule has 2 aromatic rings. The molecule has 0 spiro atoms. The van der Waals surface area contributed by atoms with Gasteiger partial charge in [0.2, 0.25) is 0 Å². The van der Waals surface area contributed by atoms with Gasteiger partial charge in [-0.3, -0.25) is 0 Å². The summed E-state index contributed by atoms with van der Waals surface area (Å²) in [7, 11) is 1.63. The van der Waals surface area contributed by atoms with E-state index in [9.17, 15) is 0 Å². The zero-order valence-corrected chi connectivity index (χ0v) is 14.8. The molecule has 0 unspecified atom stereocenters. The Morgan fingerprint density at radius 2 is 1.57 bits per heavy atom. The summed E-state index contributed by atoms with van der Waals surface area (Å²) >= 11 is 12.1. The lowest BCUT2D eigenvalue weighted by Crippen LogP contribution is -2.04. The van der Waals surface area contributed by atoms with Gasteiger partial charge in [0.05, 0.1) is 25.3 Å². The third-order valence-electron chi connectivity index (χ3n) is 3.31. The highest BCUT2D eigenvalue weighted by molar-refractivity contribution is 6.35. The summed E-state index contributed by atoms with van der Waals surface area (Å²) in [6.45, 7) is 3.12. The van der Waals surface area contributed by atoms with Gasteiger partial charge in [-0.15, -0.1) is 0 Å². The van der Waals surface area contributed by atoms with Crippen molar-refractivity contribution in [3.05, 3.63) is 52.0 Å². The second kappa shape index (κ2) is 8.90. The van der Waals surface area contributed by atoms with Crippen LogP contribution in [0.15, 0.2) is 36.4 Å². The molecule has 124 valence electrons. The van der Waals surface area contributed by atoms with Crippen LogP contribution in [0.25, 0.3) is 0 Å². The van der Waals surface area contributed by atoms with Crippen LogP contribution in [0.2, 0.25) is 10.0 Å². The fourth-order valence-electron chi connectivity index (χ4n) is 2.17. The summed E-state index contributed by atoms with van der Waals surface area (Å²) in [4.78, 5) is 0. The molecule has 0 saturated carbocycles. The van der Waals surface area contributed by atoms with Crippen molar-refractivity contribution in [2.75, 3.05) is 20.3 Å². The van der Waals surface area contributed by atoms with E-state index in [4.69, 9.17) is 37.4 Å². The van der Waals surface area contributed by atoms with Crippen molar-refractivity contribution in [2.24, 2.45) is 0 Å². The van der Waals surface area contributed by atoms with Gasteiger partial charge in [-0.25, -0.2) is 0 Å². The number of rotatable bonds is 8. The van der Waals surface area contributed by atoms with E-state index in [1.807, 2.05) is 37.3 Å². The van der Waals surface area contributed by atoms with Gasteiger partial charge in [0, 0.05) is 5.02 Å². The highest BCUT2D eigenvalue weighted by Gasteiger charge is 2.07. The summed E-state index contributed by atoms with van der Waals surface area (Å²) in [6, 6.07) is 11.1. The summed E-state index contributed by atoms with van der Waals surface area (Å²) in [5, 5.41) is 1.16. The minimum atomic E-state index is 0.542. The number of aryl methyl sites for hydroxylation is 1. The molecule has 0 N–H and O–H groups in total. The predicted octanol–water partition coefficient (Wildman–Crippen LogP) is 5.55. The van der Waals surface area contributed by atoms with Crippen molar-refractivity contribution in [1.82, 2.24) is 0 Å². The number of unbranched alkanes of at least 4 members (excludes halogenated alkanes) is 1. The normalized spacial score (nSPS) is 10.4. The number of hydrogen-bond donors (Lipinski definition) is 0. The number of ether oxygens (including phenoxy) is 3. The zero-order chi connectivity index (χ0) is 16.7. The van der Waals surface area contributed by atoms with E-state index in [-0.39, 0.29) is 0 Å². The van der Waals surface area contributed by atoms with Gasteiger partial charge in [0.15, 0.2) is 11.5 Å². The number of para-hydroxylation sites is 2. The average Bonchev–Trinajstić information content (AvgIpc) is 2.53. The Labute approximate surface area is 147 Å². The summed E-state index contributed by atoms with van der Waals surface area (Å²) in [5.41, 5.74) is 0.938.